The molecule has 3 nitrogen and oxygen atoms in total. The Bertz CT molecular complexity index is 577. The van der Waals surface area contributed by atoms with Gasteiger partial charge in [-0.3, -0.25) is 0 Å². The van der Waals surface area contributed by atoms with E-state index in [4.69, 9.17) is 9.47 Å². The van der Waals surface area contributed by atoms with Gasteiger partial charge in [-0.1, -0.05) is 12.1 Å². The van der Waals surface area contributed by atoms with Crippen LogP contribution in [0.25, 0.3) is 0 Å². The molecule has 1 aromatic carbocycles. The maximum atomic E-state index is 5.88. The molecule has 0 aromatic heterocycles. The first-order chi connectivity index (χ1) is 12.1. The Morgan fingerprint density at radius 1 is 1.12 bits per heavy atom. The summed E-state index contributed by atoms with van der Waals surface area (Å²) >= 11 is 0. The minimum absolute atomic E-state index is 0.541. The number of ether oxygens (including phenoxy) is 2. The van der Waals surface area contributed by atoms with Crippen molar-refractivity contribution in [1.82, 2.24) is 5.32 Å². The van der Waals surface area contributed by atoms with Gasteiger partial charge in [-0.05, 0) is 81.6 Å². The van der Waals surface area contributed by atoms with E-state index in [9.17, 15) is 0 Å². The maximum absolute atomic E-state index is 5.88. The van der Waals surface area contributed by atoms with Crippen LogP contribution in [0.1, 0.15) is 57.9 Å². The highest BCUT2D eigenvalue weighted by molar-refractivity contribution is 5.46. The van der Waals surface area contributed by atoms with Crippen LogP contribution in [0.3, 0.4) is 0 Å². The summed E-state index contributed by atoms with van der Waals surface area (Å²) < 4.78 is 11.4. The molecule has 0 saturated heterocycles. The molecule has 1 unspecified atom stereocenters. The topological polar surface area (TPSA) is 30.5 Å². The molecule has 0 heterocycles. The highest BCUT2D eigenvalue weighted by Crippen LogP contribution is 2.61. The van der Waals surface area contributed by atoms with Crippen LogP contribution in [-0.4, -0.2) is 19.8 Å². The summed E-state index contributed by atoms with van der Waals surface area (Å²) in [7, 11) is 1.72. The average molecular weight is 344 g/mol. The molecular formula is C22H33NO2. The summed E-state index contributed by atoms with van der Waals surface area (Å²) in [6, 6.07) is 6.78. The third-order valence-electron chi connectivity index (χ3n) is 7.17. The average Bonchev–Trinajstić information content (AvgIpc) is 2.59. The maximum Gasteiger partial charge on any atom is 0.165 e. The van der Waals surface area contributed by atoms with Crippen molar-refractivity contribution in [2.45, 2.75) is 65.0 Å². The number of hydrogen-bond donors (Lipinski definition) is 1. The van der Waals surface area contributed by atoms with Gasteiger partial charge in [0.25, 0.3) is 0 Å². The monoisotopic (exact) mass is 343 g/mol. The van der Waals surface area contributed by atoms with Crippen LogP contribution in [0, 0.1) is 23.2 Å². The quantitative estimate of drug-likeness (QED) is 0.772. The molecular weight excluding hydrogens is 310 g/mol. The van der Waals surface area contributed by atoms with E-state index in [1.165, 1.54) is 44.1 Å². The number of para-hydroxylation sites is 1. The van der Waals surface area contributed by atoms with E-state index in [1.54, 1.807) is 7.11 Å². The fourth-order valence-electron chi connectivity index (χ4n) is 6.36. The summed E-state index contributed by atoms with van der Waals surface area (Å²) in [5.41, 5.74) is 1.75. The van der Waals surface area contributed by atoms with Gasteiger partial charge >= 0.3 is 0 Å². The summed E-state index contributed by atoms with van der Waals surface area (Å²) in [6.07, 6.45) is 8.87. The third kappa shape index (κ3) is 3.16. The summed E-state index contributed by atoms with van der Waals surface area (Å²) in [5.74, 6) is 4.75. The Balaban J connectivity index is 1.47. The first-order valence-electron chi connectivity index (χ1n) is 10.2. The van der Waals surface area contributed by atoms with Gasteiger partial charge < -0.3 is 14.8 Å². The van der Waals surface area contributed by atoms with E-state index >= 15 is 0 Å². The van der Waals surface area contributed by atoms with Crippen LogP contribution in [-0.2, 0) is 6.54 Å². The van der Waals surface area contributed by atoms with Crippen LogP contribution in [0.15, 0.2) is 18.2 Å². The molecule has 0 amide bonds. The summed E-state index contributed by atoms with van der Waals surface area (Å²) in [4.78, 5) is 0. The SMILES string of the molecule is CCOc1c(CNC(C)C23CC4CC(CC(C4)C2)C3)cccc1OC. The van der Waals surface area contributed by atoms with Crippen LogP contribution < -0.4 is 14.8 Å². The largest absolute Gasteiger partial charge is 0.493 e. The first-order valence-corrected chi connectivity index (χ1v) is 10.2. The molecule has 4 saturated carbocycles. The Morgan fingerprint density at radius 3 is 2.32 bits per heavy atom. The van der Waals surface area contributed by atoms with Gasteiger partial charge in [-0.25, -0.2) is 0 Å². The lowest BCUT2D eigenvalue weighted by Crippen LogP contribution is -2.54. The fourth-order valence-corrected chi connectivity index (χ4v) is 6.36. The zero-order valence-corrected chi connectivity index (χ0v) is 16.0. The van der Waals surface area contributed by atoms with Gasteiger partial charge in [-0.15, -0.1) is 0 Å². The molecule has 4 fully saturated rings. The molecule has 1 aromatic rings. The second kappa shape index (κ2) is 6.83. The van der Waals surface area contributed by atoms with Gasteiger partial charge in [0, 0.05) is 18.2 Å². The zero-order valence-electron chi connectivity index (χ0n) is 16.0. The molecule has 3 heteroatoms. The van der Waals surface area contributed by atoms with Crippen LogP contribution in [0.2, 0.25) is 0 Å². The highest BCUT2D eigenvalue weighted by atomic mass is 16.5. The van der Waals surface area contributed by atoms with Crippen LogP contribution >= 0.6 is 0 Å². The molecule has 5 rings (SSSR count). The van der Waals surface area contributed by atoms with E-state index in [0.717, 1.165) is 35.8 Å². The van der Waals surface area contributed by atoms with Crippen molar-refractivity contribution in [2.24, 2.45) is 23.2 Å². The summed E-state index contributed by atoms with van der Waals surface area (Å²) in [5, 5.41) is 3.87. The molecule has 0 radical (unpaired) electrons. The number of nitrogens with one attached hydrogen (secondary N) is 1. The molecule has 1 atom stereocenters. The smallest absolute Gasteiger partial charge is 0.165 e. The van der Waals surface area contributed by atoms with E-state index in [0.29, 0.717) is 18.1 Å². The van der Waals surface area contributed by atoms with Gasteiger partial charge in [0.2, 0.25) is 0 Å². The second-order valence-corrected chi connectivity index (χ2v) is 8.76. The lowest BCUT2D eigenvalue weighted by atomic mass is 9.48. The molecule has 0 spiro atoms. The Hall–Kier alpha value is -1.22. The molecule has 0 aliphatic heterocycles. The lowest BCUT2D eigenvalue weighted by molar-refractivity contribution is -0.0706. The fraction of sp³-hybridized carbons (Fsp3) is 0.727. The molecule has 138 valence electrons. The van der Waals surface area contributed by atoms with Crippen LogP contribution in [0.4, 0.5) is 0 Å². The molecule has 4 aliphatic carbocycles. The minimum atomic E-state index is 0.541. The number of benzene rings is 1. The van der Waals surface area contributed by atoms with E-state index in [2.05, 4.69) is 24.4 Å². The zero-order chi connectivity index (χ0) is 17.4. The molecule has 4 bridgehead atoms. The van der Waals surface area contributed by atoms with Crippen molar-refractivity contribution >= 4 is 0 Å². The van der Waals surface area contributed by atoms with Crippen molar-refractivity contribution < 1.29 is 9.47 Å². The van der Waals surface area contributed by atoms with Gasteiger partial charge in [-0.2, -0.15) is 0 Å². The predicted molar refractivity (Wildman–Crippen MR) is 101 cm³/mol. The van der Waals surface area contributed by atoms with Gasteiger partial charge in [0.15, 0.2) is 11.5 Å². The highest BCUT2D eigenvalue weighted by Gasteiger charge is 2.52. The van der Waals surface area contributed by atoms with Crippen molar-refractivity contribution in [3.05, 3.63) is 23.8 Å². The van der Waals surface area contributed by atoms with Crippen molar-refractivity contribution in [2.75, 3.05) is 13.7 Å². The van der Waals surface area contributed by atoms with Crippen LogP contribution in [0.5, 0.6) is 11.5 Å². The minimum Gasteiger partial charge on any atom is -0.493 e. The van der Waals surface area contributed by atoms with E-state index in [1.807, 2.05) is 13.0 Å². The van der Waals surface area contributed by atoms with Crippen molar-refractivity contribution in [1.29, 1.82) is 0 Å². The van der Waals surface area contributed by atoms with Gasteiger partial charge in [0.1, 0.15) is 0 Å². The Labute approximate surface area is 152 Å². The van der Waals surface area contributed by atoms with Crippen molar-refractivity contribution in [3.63, 3.8) is 0 Å². The Kier molecular flexibility index (Phi) is 4.70. The summed E-state index contributed by atoms with van der Waals surface area (Å²) in [6.45, 7) is 5.97. The number of rotatable bonds is 7. The predicted octanol–water partition coefficient (Wildman–Crippen LogP) is 4.79. The van der Waals surface area contributed by atoms with Crippen molar-refractivity contribution in [3.8, 4) is 11.5 Å². The number of methoxy groups -OCH3 is 1. The Morgan fingerprint density at radius 2 is 1.76 bits per heavy atom. The third-order valence-corrected chi connectivity index (χ3v) is 7.17. The molecule has 1 N–H and O–H groups in total. The number of hydrogen-bond acceptors (Lipinski definition) is 3. The molecule has 4 aliphatic rings. The second-order valence-electron chi connectivity index (χ2n) is 8.76. The normalized spacial score (nSPS) is 34.1. The standard InChI is InChI=1S/C22H33NO2/c1-4-25-21-19(6-5-7-20(21)24-3)14-23-15(2)22-11-16-8-17(12-22)10-18(9-16)13-22/h5-7,15-18,23H,4,8-14H2,1-3H3. The molecule has 25 heavy (non-hydrogen) atoms. The first kappa shape index (κ1) is 17.2. The van der Waals surface area contributed by atoms with Gasteiger partial charge in [0.05, 0.1) is 13.7 Å². The lowest BCUT2D eigenvalue weighted by Gasteiger charge is -2.59. The van der Waals surface area contributed by atoms with E-state index in [-0.39, 0.29) is 0 Å². The van der Waals surface area contributed by atoms with E-state index < -0.39 is 0 Å².